The van der Waals surface area contributed by atoms with Crippen LogP contribution in [0.15, 0.2) is 42.5 Å². The molecule has 1 heterocycles. The fraction of sp³-hybridized carbons (Fsp3) is 0.381. The summed E-state index contributed by atoms with van der Waals surface area (Å²) in [4.78, 5) is 11.5. The van der Waals surface area contributed by atoms with E-state index >= 15 is 0 Å². The Morgan fingerprint density at radius 1 is 1.12 bits per heavy atom. The van der Waals surface area contributed by atoms with Crippen molar-refractivity contribution in [1.82, 2.24) is 0 Å². The third-order valence-corrected chi connectivity index (χ3v) is 5.24. The van der Waals surface area contributed by atoms with E-state index in [1.807, 2.05) is 30.3 Å². The molecule has 1 N–H and O–H groups in total. The van der Waals surface area contributed by atoms with Gasteiger partial charge in [0, 0.05) is 12.0 Å². The molecule has 0 amide bonds. The zero-order valence-electron chi connectivity index (χ0n) is 14.2. The van der Waals surface area contributed by atoms with E-state index in [-0.39, 0.29) is 11.2 Å². The number of fused-ring (bicyclic) bond motifs is 1. The first kappa shape index (κ1) is 16.0. The van der Waals surface area contributed by atoms with Gasteiger partial charge in [-0.3, -0.25) is 0 Å². The van der Waals surface area contributed by atoms with Crippen LogP contribution in [0.1, 0.15) is 53.6 Å². The Morgan fingerprint density at radius 2 is 1.88 bits per heavy atom. The van der Waals surface area contributed by atoms with E-state index < -0.39 is 5.97 Å². The van der Waals surface area contributed by atoms with E-state index in [1.165, 1.54) is 19.3 Å². The van der Waals surface area contributed by atoms with Crippen molar-refractivity contribution in [3.8, 4) is 11.5 Å². The highest BCUT2D eigenvalue weighted by atomic mass is 16.5. The van der Waals surface area contributed by atoms with Gasteiger partial charge in [-0.2, -0.15) is 0 Å². The molecular formula is C21H22O4. The van der Waals surface area contributed by atoms with Crippen molar-refractivity contribution in [2.75, 3.05) is 0 Å². The van der Waals surface area contributed by atoms with Crippen LogP contribution < -0.4 is 9.47 Å². The maximum Gasteiger partial charge on any atom is 0.335 e. The second-order valence-electron chi connectivity index (χ2n) is 7.05. The van der Waals surface area contributed by atoms with E-state index in [0.29, 0.717) is 18.1 Å². The molecule has 1 fully saturated rings. The molecule has 2 aliphatic rings. The second kappa shape index (κ2) is 6.43. The minimum absolute atomic E-state index is 0.164. The van der Waals surface area contributed by atoms with E-state index in [2.05, 4.69) is 0 Å². The molecule has 1 aliphatic carbocycles. The number of rotatable bonds is 4. The van der Waals surface area contributed by atoms with Crippen molar-refractivity contribution in [3.05, 3.63) is 59.2 Å². The Morgan fingerprint density at radius 3 is 2.60 bits per heavy atom. The predicted molar refractivity (Wildman–Crippen MR) is 94.3 cm³/mol. The first-order chi connectivity index (χ1) is 12.2. The summed E-state index contributed by atoms with van der Waals surface area (Å²) in [6.45, 7) is 0.420. The van der Waals surface area contributed by atoms with Crippen molar-refractivity contribution in [3.63, 3.8) is 0 Å². The van der Waals surface area contributed by atoms with Crippen LogP contribution in [-0.2, 0) is 13.0 Å². The van der Waals surface area contributed by atoms with E-state index in [1.54, 1.807) is 12.1 Å². The zero-order valence-corrected chi connectivity index (χ0v) is 14.2. The summed E-state index contributed by atoms with van der Waals surface area (Å²) in [5.41, 5.74) is 2.13. The van der Waals surface area contributed by atoms with Gasteiger partial charge in [0.25, 0.3) is 0 Å². The quantitative estimate of drug-likeness (QED) is 0.885. The number of carbonyl (C=O) groups is 1. The Balaban J connectivity index is 1.63. The molecule has 4 rings (SSSR count). The Hall–Kier alpha value is -2.49. The summed E-state index contributed by atoms with van der Waals surface area (Å²) < 4.78 is 12.3. The fourth-order valence-corrected chi connectivity index (χ4v) is 3.94. The van der Waals surface area contributed by atoms with Gasteiger partial charge in [-0.15, -0.1) is 0 Å². The predicted octanol–water partition coefficient (Wildman–Crippen LogP) is 4.60. The van der Waals surface area contributed by atoms with Gasteiger partial charge in [0.05, 0.1) is 5.56 Å². The third-order valence-electron chi connectivity index (χ3n) is 5.24. The summed E-state index contributed by atoms with van der Waals surface area (Å²) >= 11 is 0. The minimum Gasteiger partial charge on any atom is -0.488 e. The van der Waals surface area contributed by atoms with Gasteiger partial charge in [0.2, 0.25) is 0 Å². The average molecular weight is 338 g/mol. The third kappa shape index (κ3) is 3.21. The number of carboxylic acid groups (broad SMARTS) is 1. The van der Waals surface area contributed by atoms with Crippen molar-refractivity contribution >= 4 is 5.97 Å². The van der Waals surface area contributed by atoms with Crippen molar-refractivity contribution in [2.24, 2.45) is 0 Å². The van der Waals surface area contributed by atoms with Gasteiger partial charge < -0.3 is 14.6 Å². The highest BCUT2D eigenvalue weighted by molar-refractivity contribution is 5.89. The highest BCUT2D eigenvalue weighted by Crippen LogP contribution is 2.47. The molecule has 2 aromatic rings. The molecule has 4 heteroatoms. The molecule has 1 saturated carbocycles. The smallest absolute Gasteiger partial charge is 0.335 e. The van der Waals surface area contributed by atoms with Gasteiger partial charge in [-0.05, 0) is 43.4 Å². The Labute approximate surface area is 147 Å². The average Bonchev–Trinajstić information content (AvgIpc) is 2.98. The van der Waals surface area contributed by atoms with Crippen LogP contribution in [-0.4, -0.2) is 16.7 Å². The summed E-state index contributed by atoms with van der Waals surface area (Å²) in [7, 11) is 0. The number of hydrogen-bond donors (Lipinski definition) is 1. The van der Waals surface area contributed by atoms with Gasteiger partial charge in [0.1, 0.15) is 23.7 Å². The van der Waals surface area contributed by atoms with Crippen LogP contribution in [0.5, 0.6) is 11.5 Å². The Kier molecular flexibility index (Phi) is 4.12. The molecule has 0 bridgehead atoms. The molecule has 0 atom stereocenters. The number of benzene rings is 2. The minimum atomic E-state index is -0.958. The standard InChI is InChI=1S/C21H22O4/c22-20(23)16-11-18(24-14-15-7-3-1-4-8-15)17-13-21(25-19(17)12-16)9-5-2-6-10-21/h1,3-4,7-8,11-12H,2,5-6,9-10,13-14H2,(H,22,23). The molecule has 1 spiro atoms. The van der Waals surface area contributed by atoms with Crippen LogP contribution in [0, 0.1) is 0 Å². The summed E-state index contributed by atoms with van der Waals surface area (Å²) in [5, 5.41) is 9.42. The van der Waals surface area contributed by atoms with Gasteiger partial charge >= 0.3 is 5.97 Å². The number of hydrogen-bond acceptors (Lipinski definition) is 3. The molecule has 0 aromatic heterocycles. The van der Waals surface area contributed by atoms with Crippen molar-refractivity contribution in [2.45, 2.75) is 50.7 Å². The van der Waals surface area contributed by atoms with E-state index in [4.69, 9.17) is 9.47 Å². The van der Waals surface area contributed by atoms with Crippen LogP contribution in [0.4, 0.5) is 0 Å². The van der Waals surface area contributed by atoms with Crippen molar-refractivity contribution in [1.29, 1.82) is 0 Å². The second-order valence-corrected chi connectivity index (χ2v) is 7.05. The lowest BCUT2D eigenvalue weighted by molar-refractivity contribution is 0.0524. The Bertz CT molecular complexity index is 776. The maximum atomic E-state index is 11.5. The van der Waals surface area contributed by atoms with Crippen LogP contribution in [0.25, 0.3) is 0 Å². The fourth-order valence-electron chi connectivity index (χ4n) is 3.94. The first-order valence-corrected chi connectivity index (χ1v) is 8.91. The van der Waals surface area contributed by atoms with Crippen LogP contribution in [0.2, 0.25) is 0 Å². The lowest BCUT2D eigenvalue weighted by Gasteiger charge is -2.32. The van der Waals surface area contributed by atoms with Crippen LogP contribution in [0.3, 0.4) is 0 Å². The molecule has 2 aromatic carbocycles. The molecule has 25 heavy (non-hydrogen) atoms. The van der Waals surface area contributed by atoms with Gasteiger partial charge in [-0.25, -0.2) is 4.79 Å². The molecule has 0 unspecified atom stereocenters. The largest absolute Gasteiger partial charge is 0.488 e. The molecule has 0 saturated heterocycles. The number of aromatic carboxylic acids is 1. The SMILES string of the molecule is O=C(O)c1cc(OCc2ccccc2)c2c(c1)OC1(CCCCC1)C2. The molecular weight excluding hydrogens is 316 g/mol. The van der Waals surface area contributed by atoms with Crippen molar-refractivity contribution < 1.29 is 19.4 Å². The summed E-state index contributed by atoms with van der Waals surface area (Å²) in [6, 6.07) is 13.2. The number of ether oxygens (including phenoxy) is 2. The van der Waals surface area contributed by atoms with E-state index in [0.717, 1.165) is 30.4 Å². The monoisotopic (exact) mass is 338 g/mol. The van der Waals surface area contributed by atoms with Gasteiger partial charge in [0.15, 0.2) is 0 Å². The number of carboxylic acids is 1. The summed E-state index contributed by atoms with van der Waals surface area (Å²) in [6.07, 6.45) is 6.45. The lowest BCUT2D eigenvalue weighted by Crippen LogP contribution is -2.36. The lowest BCUT2D eigenvalue weighted by atomic mass is 9.82. The highest BCUT2D eigenvalue weighted by Gasteiger charge is 2.42. The normalized spacial score (nSPS) is 17.8. The topological polar surface area (TPSA) is 55.8 Å². The first-order valence-electron chi connectivity index (χ1n) is 8.91. The summed E-state index contributed by atoms with van der Waals surface area (Å²) in [5.74, 6) is 0.367. The molecule has 130 valence electrons. The van der Waals surface area contributed by atoms with Gasteiger partial charge in [-0.1, -0.05) is 36.8 Å². The molecule has 4 nitrogen and oxygen atoms in total. The molecule has 1 aliphatic heterocycles. The molecule has 0 radical (unpaired) electrons. The maximum absolute atomic E-state index is 11.5. The van der Waals surface area contributed by atoms with E-state index in [9.17, 15) is 9.90 Å². The van der Waals surface area contributed by atoms with Crippen LogP contribution >= 0.6 is 0 Å². The zero-order chi connectivity index (χ0) is 17.3.